The molecule has 6 nitrogen and oxygen atoms in total. The maximum atomic E-state index is 13.5. The van der Waals surface area contributed by atoms with Gasteiger partial charge < -0.3 is 20.3 Å². The first kappa shape index (κ1) is 17.3. The number of H-pyrrole nitrogens is 1. The van der Waals surface area contributed by atoms with Crippen molar-refractivity contribution in [2.45, 2.75) is 31.6 Å². The number of amides is 2. The third-order valence-electron chi connectivity index (χ3n) is 4.74. The Balaban J connectivity index is 1.53. The molecule has 134 valence electrons. The smallest absolute Gasteiger partial charge is 0.317 e. The average molecular weight is 347 g/mol. The molecular formula is C18H22FN3O3. The van der Waals surface area contributed by atoms with E-state index in [1.165, 1.54) is 6.07 Å². The molecule has 0 saturated carbocycles. The van der Waals surface area contributed by atoms with Gasteiger partial charge in [-0.05, 0) is 48.9 Å². The van der Waals surface area contributed by atoms with Gasteiger partial charge in [0.1, 0.15) is 5.82 Å². The molecule has 1 aromatic heterocycles. The predicted molar refractivity (Wildman–Crippen MR) is 92.1 cm³/mol. The number of likely N-dealkylation sites (tertiary alicyclic amines) is 1. The molecule has 0 radical (unpaired) electrons. The van der Waals surface area contributed by atoms with Gasteiger partial charge in [0.05, 0.1) is 0 Å². The van der Waals surface area contributed by atoms with Crippen LogP contribution in [0.5, 0.6) is 0 Å². The molecule has 2 aromatic rings. The fourth-order valence-corrected chi connectivity index (χ4v) is 3.39. The topological polar surface area (TPSA) is 85.4 Å². The molecular weight excluding hydrogens is 325 g/mol. The maximum absolute atomic E-state index is 13.5. The summed E-state index contributed by atoms with van der Waals surface area (Å²) in [5.41, 5.74) is 2.03. The second-order valence-electron chi connectivity index (χ2n) is 6.42. The number of rotatable bonds is 5. The Labute approximate surface area is 145 Å². The van der Waals surface area contributed by atoms with Crippen LogP contribution in [-0.2, 0) is 4.79 Å². The van der Waals surface area contributed by atoms with E-state index in [9.17, 15) is 14.0 Å². The first-order valence-corrected chi connectivity index (χ1v) is 8.55. The van der Waals surface area contributed by atoms with Crippen LogP contribution in [-0.4, -0.2) is 46.6 Å². The molecule has 0 spiro atoms. The first-order valence-electron chi connectivity index (χ1n) is 8.55. The number of piperidine rings is 1. The molecule has 1 saturated heterocycles. The van der Waals surface area contributed by atoms with Crippen LogP contribution >= 0.6 is 0 Å². The molecule has 3 rings (SSSR count). The van der Waals surface area contributed by atoms with Gasteiger partial charge in [-0.3, -0.25) is 4.79 Å². The van der Waals surface area contributed by atoms with Crippen molar-refractivity contribution in [3.63, 3.8) is 0 Å². The van der Waals surface area contributed by atoms with E-state index in [2.05, 4.69) is 10.3 Å². The van der Waals surface area contributed by atoms with E-state index in [4.69, 9.17) is 5.11 Å². The highest BCUT2D eigenvalue weighted by atomic mass is 19.1. The number of benzene rings is 1. The Morgan fingerprint density at radius 1 is 1.32 bits per heavy atom. The number of aliphatic carboxylic acids is 1. The predicted octanol–water partition coefficient (Wildman–Crippen LogP) is 3.06. The minimum Gasteiger partial charge on any atom is -0.481 e. The number of aromatic nitrogens is 1. The second-order valence-corrected chi connectivity index (χ2v) is 6.42. The number of nitrogens with zero attached hydrogens (tertiary/aromatic N) is 1. The second kappa shape index (κ2) is 7.55. The number of nitrogens with one attached hydrogen (secondary N) is 2. The zero-order chi connectivity index (χ0) is 17.8. The third kappa shape index (κ3) is 4.10. The van der Waals surface area contributed by atoms with E-state index in [1.807, 2.05) is 6.20 Å². The molecule has 25 heavy (non-hydrogen) atoms. The lowest BCUT2D eigenvalue weighted by atomic mass is 9.89. The van der Waals surface area contributed by atoms with E-state index in [-0.39, 0.29) is 18.3 Å². The molecule has 3 N–H and O–H groups in total. The monoisotopic (exact) mass is 347 g/mol. The number of hydrogen-bond donors (Lipinski definition) is 3. The first-order chi connectivity index (χ1) is 12.0. The van der Waals surface area contributed by atoms with Crippen molar-refractivity contribution in [1.29, 1.82) is 0 Å². The number of carboxylic acids is 1. The van der Waals surface area contributed by atoms with Gasteiger partial charge >= 0.3 is 12.0 Å². The number of fused-ring (bicyclic) bond motifs is 1. The Kier molecular flexibility index (Phi) is 5.21. The van der Waals surface area contributed by atoms with E-state index in [0.29, 0.717) is 32.0 Å². The third-order valence-corrected chi connectivity index (χ3v) is 4.74. The van der Waals surface area contributed by atoms with E-state index >= 15 is 0 Å². The van der Waals surface area contributed by atoms with Gasteiger partial charge in [-0.1, -0.05) is 0 Å². The average Bonchev–Trinajstić information content (AvgIpc) is 3.01. The van der Waals surface area contributed by atoms with E-state index in [1.54, 1.807) is 17.0 Å². The van der Waals surface area contributed by atoms with Crippen LogP contribution in [0, 0.1) is 5.82 Å². The van der Waals surface area contributed by atoms with Crippen molar-refractivity contribution < 1.29 is 19.1 Å². The van der Waals surface area contributed by atoms with E-state index in [0.717, 1.165) is 29.3 Å². The van der Waals surface area contributed by atoms with Crippen molar-refractivity contribution in [3.8, 4) is 0 Å². The van der Waals surface area contributed by atoms with Crippen LogP contribution in [0.1, 0.15) is 37.2 Å². The molecule has 2 amide bonds. The Morgan fingerprint density at radius 3 is 2.80 bits per heavy atom. The summed E-state index contributed by atoms with van der Waals surface area (Å²) in [6.45, 7) is 1.64. The summed E-state index contributed by atoms with van der Waals surface area (Å²) in [4.78, 5) is 27.5. The van der Waals surface area contributed by atoms with Crippen molar-refractivity contribution in [1.82, 2.24) is 15.2 Å². The lowest BCUT2D eigenvalue weighted by molar-refractivity contribution is -0.137. The van der Waals surface area contributed by atoms with Gasteiger partial charge in [0.2, 0.25) is 0 Å². The zero-order valence-electron chi connectivity index (χ0n) is 13.9. The van der Waals surface area contributed by atoms with Crippen LogP contribution in [0.15, 0.2) is 24.4 Å². The number of hydrogen-bond acceptors (Lipinski definition) is 2. The molecule has 1 aromatic carbocycles. The van der Waals surface area contributed by atoms with Crippen molar-refractivity contribution in [3.05, 3.63) is 35.8 Å². The van der Waals surface area contributed by atoms with Gasteiger partial charge in [0.25, 0.3) is 0 Å². The summed E-state index contributed by atoms with van der Waals surface area (Å²) in [6.07, 6.45) is 4.08. The van der Waals surface area contributed by atoms with Crippen LogP contribution in [0.4, 0.5) is 9.18 Å². The van der Waals surface area contributed by atoms with Crippen molar-refractivity contribution >= 4 is 22.9 Å². The Bertz CT molecular complexity index is 766. The van der Waals surface area contributed by atoms with Crippen LogP contribution < -0.4 is 5.32 Å². The van der Waals surface area contributed by atoms with Crippen LogP contribution in [0.25, 0.3) is 10.9 Å². The summed E-state index contributed by atoms with van der Waals surface area (Å²) >= 11 is 0. The summed E-state index contributed by atoms with van der Waals surface area (Å²) in [5, 5.41) is 12.3. The minimum atomic E-state index is -0.856. The number of halogens is 1. The summed E-state index contributed by atoms with van der Waals surface area (Å²) in [7, 11) is 0. The fourth-order valence-electron chi connectivity index (χ4n) is 3.39. The van der Waals surface area contributed by atoms with Gasteiger partial charge in [0.15, 0.2) is 0 Å². The normalized spacial score (nSPS) is 15.5. The highest BCUT2D eigenvalue weighted by Crippen LogP contribution is 2.33. The number of carbonyl (C=O) groups is 2. The van der Waals surface area contributed by atoms with Gasteiger partial charge in [-0.25, -0.2) is 9.18 Å². The summed E-state index contributed by atoms with van der Waals surface area (Å²) in [6, 6.07) is 4.60. The fraction of sp³-hybridized carbons (Fsp3) is 0.444. The number of aromatic amines is 1. The molecule has 1 aliphatic rings. The zero-order valence-corrected chi connectivity index (χ0v) is 13.9. The highest BCUT2D eigenvalue weighted by Gasteiger charge is 2.25. The number of carbonyl (C=O) groups excluding carboxylic acids is 1. The van der Waals surface area contributed by atoms with Gasteiger partial charge in [-0.2, -0.15) is 0 Å². The molecule has 0 unspecified atom stereocenters. The quantitative estimate of drug-likeness (QED) is 0.727. The lowest BCUT2D eigenvalue weighted by Gasteiger charge is -2.32. The van der Waals surface area contributed by atoms with Gasteiger partial charge in [-0.15, -0.1) is 0 Å². The molecule has 1 fully saturated rings. The Morgan fingerprint density at radius 2 is 2.08 bits per heavy atom. The largest absolute Gasteiger partial charge is 0.481 e. The highest BCUT2D eigenvalue weighted by molar-refractivity contribution is 5.84. The minimum absolute atomic E-state index is 0.0550. The number of urea groups is 1. The van der Waals surface area contributed by atoms with Gasteiger partial charge in [0, 0.05) is 43.2 Å². The van der Waals surface area contributed by atoms with Crippen LogP contribution in [0.3, 0.4) is 0 Å². The summed E-state index contributed by atoms with van der Waals surface area (Å²) in [5.74, 6) is -0.802. The Hall–Kier alpha value is -2.57. The standard InChI is InChI=1S/C18H22FN3O3/c19-13-3-4-16-14(10-13)15(11-21-16)12-5-8-22(9-6-12)18(25)20-7-1-2-17(23)24/h3-4,10-12,21H,1-2,5-9H2,(H,20,25)(H,23,24). The SMILES string of the molecule is O=C(O)CCCNC(=O)N1CCC(c2c[nH]c3ccc(F)cc23)CC1. The lowest BCUT2D eigenvalue weighted by Crippen LogP contribution is -2.44. The summed E-state index contributed by atoms with van der Waals surface area (Å²) < 4.78 is 13.5. The van der Waals surface area contributed by atoms with Crippen LogP contribution in [0.2, 0.25) is 0 Å². The maximum Gasteiger partial charge on any atom is 0.317 e. The van der Waals surface area contributed by atoms with Crippen molar-refractivity contribution in [2.75, 3.05) is 19.6 Å². The van der Waals surface area contributed by atoms with E-state index < -0.39 is 5.97 Å². The molecule has 1 aliphatic heterocycles. The molecule has 0 bridgehead atoms. The molecule has 7 heteroatoms. The van der Waals surface area contributed by atoms with Crippen molar-refractivity contribution in [2.24, 2.45) is 0 Å². The molecule has 0 atom stereocenters. The molecule has 0 aliphatic carbocycles. The number of carboxylic acid groups (broad SMARTS) is 1. The molecule has 2 heterocycles.